The first-order valence-electron chi connectivity index (χ1n) is 5.36. The Labute approximate surface area is 91.6 Å². The third-order valence-electron chi connectivity index (χ3n) is 2.81. The van der Waals surface area contributed by atoms with Gasteiger partial charge in [-0.3, -0.25) is 0 Å². The first-order valence-corrected chi connectivity index (χ1v) is 7.42. The average Bonchev–Trinajstić information content (AvgIpc) is 2.17. The Bertz CT molecular complexity index is 292. The molecule has 0 radical (unpaired) electrons. The number of aldehydes is 1. The zero-order chi connectivity index (χ0) is 11.3. The molecule has 0 amide bonds. The number of rotatable bonds is 5. The number of likely N-dealkylation sites (tertiary alicyclic amines) is 1. The summed E-state index contributed by atoms with van der Waals surface area (Å²) in [5.41, 5.74) is 0. The van der Waals surface area contributed by atoms with Gasteiger partial charge >= 0.3 is 0 Å². The molecule has 0 spiro atoms. The molecule has 15 heavy (non-hydrogen) atoms. The summed E-state index contributed by atoms with van der Waals surface area (Å²) in [6.07, 6.45) is 4.84. The summed E-state index contributed by atoms with van der Waals surface area (Å²) in [6.45, 7) is 2.68. The van der Waals surface area contributed by atoms with Crippen LogP contribution in [0.4, 0.5) is 0 Å². The number of piperidine rings is 1. The quantitative estimate of drug-likeness (QED) is 0.642. The summed E-state index contributed by atoms with van der Waals surface area (Å²) in [5, 5.41) is 0. The van der Waals surface area contributed by atoms with Crippen molar-refractivity contribution in [3.05, 3.63) is 0 Å². The lowest BCUT2D eigenvalue weighted by Crippen LogP contribution is -2.35. The van der Waals surface area contributed by atoms with Crippen LogP contribution in [0.5, 0.6) is 0 Å². The lowest BCUT2D eigenvalue weighted by molar-refractivity contribution is -0.112. The second-order valence-electron chi connectivity index (χ2n) is 4.30. The van der Waals surface area contributed by atoms with E-state index in [1.165, 1.54) is 6.26 Å². The number of nitrogens with zero attached hydrogens (tertiary/aromatic N) is 1. The molecule has 1 saturated heterocycles. The molecule has 0 N–H and O–H groups in total. The topological polar surface area (TPSA) is 54.5 Å². The summed E-state index contributed by atoms with van der Waals surface area (Å²) >= 11 is 0. The van der Waals surface area contributed by atoms with Crippen LogP contribution in [0.3, 0.4) is 0 Å². The molecule has 0 bridgehead atoms. The van der Waals surface area contributed by atoms with Gasteiger partial charge in [0.25, 0.3) is 0 Å². The van der Waals surface area contributed by atoms with E-state index in [0.717, 1.165) is 38.8 Å². The van der Waals surface area contributed by atoms with Gasteiger partial charge in [-0.2, -0.15) is 0 Å². The van der Waals surface area contributed by atoms with Crippen molar-refractivity contribution < 1.29 is 13.2 Å². The van der Waals surface area contributed by atoms with Crippen LogP contribution in [-0.4, -0.2) is 51.2 Å². The highest BCUT2D eigenvalue weighted by Gasteiger charge is 2.18. The zero-order valence-electron chi connectivity index (χ0n) is 9.18. The molecule has 0 aromatic heterocycles. The molecule has 0 aromatic carbocycles. The standard InChI is InChI=1S/C10H19NO3S/c1-15(13,14)8-2-5-11-6-3-10(9-12)4-7-11/h9-10H,2-8H2,1H3. The van der Waals surface area contributed by atoms with Crippen LogP contribution >= 0.6 is 0 Å². The molecular weight excluding hydrogens is 214 g/mol. The van der Waals surface area contributed by atoms with E-state index in [9.17, 15) is 13.2 Å². The lowest BCUT2D eigenvalue weighted by Gasteiger charge is -2.29. The summed E-state index contributed by atoms with van der Waals surface area (Å²) in [4.78, 5) is 12.8. The monoisotopic (exact) mass is 233 g/mol. The van der Waals surface area contributed by atoms with Crippen LogP contribution in [0.25, 0.3) is 0 Å². The third kappa shape index (κ3) is 5.28. The Balaban J connectivity index is 2.16. The molecule has 1 heterocycles. The maximum Gasteiger partial charge on any atom is 0.147 e. The van der Waals surface area contributed by atoms with Crippen LogP contribution in [-0.2, 0) is 14.6 Å². The van der Waals surface area contributed by atoms with Gasteiger partial charge in [-0.15, -0.1) is 0 Å². The molecule has 1 rings (SSSR count). The molecular formula is C10H19NO3S. The first kappa shape index (κ1) is 12.6. The van der Waals surface area contributed by atoms with Crippen LogP contribution < -0.4 is 0 Å². The second-order valence-corrected chi connectivity index (χ2v) is 6.56. The van der Waals surface area contributed by atoms with Crippen LogP contribution in [0, 0.1) is 5.92 Å². The van der Waals surface area contributed by atoms with Gasteiger partial charge in [0.2, 0.25) is 0 Å². The van der Waals surface area contributed by atoms with Crippen molar-refractivity contribution >= 4 is 16.1 Å². The SMILES string of the molecule is CS(=O)(=O)CCCN1CCC(C=O)CC1. The Morgan fingerprint density at radius 3 is 2.40 bits per heavy atom. The van der Waals surface area contributed by atoms with Crippen LogP contribution in [0.1, 0.15) is 19.3 Å². The number of hydrogen-bond acceptors (Lipinski definition) is 4. The van der Waals surface area contributed by atoms with E-state index in [2.05, 4.69) is 4.90 Å². The molecule has 1 aliphatic heterocycles. The van der Waals surface area contributed by atoms with Gasteiger partial charge in [0, 0.05) is 12.2 Å². The summed E-state index contributed by atoms with van der Waals surface area (Å²) < 4.78 is 21.8. The van der Waals surface area contributed by atoms with E-state index in [1.807, 2.05) is 0 Å². The first-order chi connectivity index (χ1) is 7.01. The van der Waals surface area contributed by atoms with E-state index in [-0.39, 0.29) is 11.7 Å². The predicted octanol–water partition coefficient (Wildman–Crippen LogP) is 0.332. The average molecular weight is 233 g/mol. The van der Waals surface area contributed by atoms with E-state index in [4.69, 9.17) is 0 Å². The van der Waals surface area contributed by atoms with Crippen molar-refractivity contribution in [2.45, 2.75) is 19.3 Å². The lowest BCUT2D eigenvalue weighted by atomic mass is 9.99. The van der Waals surface area contributed by atoms with Gasteiger partial charge in [0.1, 0.15) is 16.1 Å². The summed E-state index contributed by atoms with van der Waals surface area (Å²) in [5.74, 6) is 0.483. The molecule has 5 heteroatoms. The number of carbonyl (C=O) groups excluding carboxylic acids is 1. The van der Waals surface area contributed by atoms with Crippen molar-refractivity contribution in [2.24, 2.45) is 5.92 Å². The van der Waals surface area contributed by atoms with E-state index in [1.54, 1.807) is 0 Å². The van der Waals surface area contributed by atoms with Gasteiger partial charge in [0.05, 0.1) is 5.75 Å². The Morgan fingerprint density at radius 1 is 1.33 bits per heavy atom. The van der Waals surface area contributed by atoms with Crippen molar-refractivity contribution in [1.29, 1.82) is 0 Å². The third-order valence-corrected chi connectivity index (χ3v) is 3.84. The maximum atomic E-state index is 10.9. The minimum Gasteiger partial charge on any atom is -0.303 e. The second kappa shape index (κ2) is 5.61. The summed E-state index contributed by atoms with van der Waals surface area (Å²) in [7, 11) is -2.82. The van der Waals surface area contributed by atoms with Gasteiger partial charge in [-0.25, -0.2) is 8.42 Å². The fourth-order valence-corrected chi connectivity index (χ4v) is 2.52. The molecule has 1 fully saturated rings. The van der Waals surface area contributed by atoms with E-state index < -0.39 is 9.84 Å². The van der Waals surface area contributed by atoms with Crippen LogP contribution in [0.2, 0.25) is 0 Å². The van der Waals surface area contributed by atoms with Gasteiger partial charge in [-0.1, -0.05) is 0 Å². The number of hydrogen-bond donors (Lipinski definition) is 0. The smallest absolute Gasteiger partial charge is 0.147 e. The van der Waals surface area contributed by atoms with Crippen LogP contribution in [0.15, 0.2) is 0 Å². The van der Waals surface area contributed by atoms with E-state index in [0.29, 0.717) is 6.42 Å². The minimum absolute atomic E-state index is 0.219. The van der Waals surface area contributed by atoms with Gasteiger partial charge < -0.3 is 9.69 Å². The van der Waals surface area contributed by atoms with E-state index >= 15 is 0 Å². The fourth-order valence-electron chi connectivity index (χ4n) is 1.86. The largest absolute Gasteiger partial charge is 0.303 e. The normalized spacial score (nSPS) is 20.3. The Hall–Kier alpha value is -0.420. The highest BCUT2D eigenvalue weighted by Crippen LogP contribution is 2.14. The maximum absolute atomic E-state index is 10.9. The molecule has 0 atom stereocenters. The van der Waals surface area contributed by atoms with Crippen molar-refractivity contribution in [3.8, 4) is 0 Å². The number of carbonyl (C=O) groups is 1. The highest BCUT2D eigenvalue weighted by atomic mass is 32.2. The zero-order valence-corrected chi connectivity index (χ0v) is 10.0. The Kier molecular flexibility index (Phi) is 4.73. The minimum atomic E-state index is -2.82. The molecule has 0 aliphatic carbocycles. The highest BCUT2D eigenvalue weighted by molar-refractivity contribution is 7.90. The van der Waals surface area contributed by atoms with Crippen molar-refractivity contribution in [2.75, 3.05) is 31.6 Å². The predicted molar refractivity (Wildman–Crippen MR) is 59.6 cm³/mol. The Morgan fingerprint density at radius 2 is 1.93 bits per heavy atom. The molecule has 1 aliphatic rings. The molecule has 88 valence electrons. The van der Waals surface area contributed by atoms with Gasteiger partial charge in [-0.05, 0) is 38.9 Å². The summed E-state index contributed by atoms with van der Waals surface area (Å²) in [6, 6.07) is 0. The van der Waals surface area contributed by atoms with Gasteiger partial charge in [0.15, 0.2) is 0 Å². The molecule has 0 saturated carbocycles. The molecule has 0 aromatic rings. The van der Waals surface area contributed by atoms with Crippen molar-refractivity contribution in [3.63, 3.8) is 0 Å². The number of sulfone groups is 1. The van der Waals surface area contributed by atoms with Crippen molar-refractivity contribution in [1.82, 2.24) is 4.90 Å². The fraction of sp³-hybridized carbons (Fsp3) is 0.900. The molecule has 0 unspecified atom stereocenters. The molecule has 4 nitrogen and oxygen atoms in total.